The Balaban J connectivity index is 2.21. The number of hydrogen-bond donors (Lipinski definition) is 9. The summed E-state index contributed by atoms with van der Waals surface area (Å²) >= 11 is 0. The summed E-state index contributed by atoms with van der Waals surface area (Å²) in [4.78, 5) is 79.2. The van der Waals surface area contributed by atoms with E-state index in [1.165, 1.54) is 0 Å². The Morgan fingerprint density at radius 2 is 1.21 bits per heavy atom. The zero-order chi connectivity index (χ0) is 45.7. The molecule has 0 radical (unpaired) electrons. The summed E-state index contributed by atoms with van der Waals surface area (Å²) in [6.45, 7) is 4.65. The molecule has 3 unspecified atom stereocenters. The molecule has 17 heteroatoms. The summed E-state index contributed by atoms with van der Waals surface area (Å²) in [7, 11) is 0. The molecule has 0 saturated carbocycles. The molecular weight excluding hydrogens is 801 g/mol. The molecule has 1 aromatic rings. The lowest BCUT2D eigenvalue weighted by atomic mass is 9.95. The van der Waals surface area contributed by atoms with E-state index in [9.17, 15) is 33.2 Å². The SMILES string of the molecule is CC(C)C[C@@H]1NCN[C@@H](Cc2ccccc2)C(=O)CNCC(=O)CC(F)CCCN[C@@H](CCCCN)C(=O)CC(=O)[C@H](CCCCN)NCC(N)CC(F)CC(=O)CNCC1=O. The second-order valence-electron chi connectivity index (χ2n) is 17.1. The van der Waals surface area contributed by atoms with E-state index in [1.54, 1.807) is 0 Å². The van der Waals surface area contributed by atoms with Crippen molar-refractivity contribution < 1.29 is 37.5 Å². The second-order valence-corrected chi connectivity index (χ2v) is 17.1. The highest BCUT2D eigenvalue weighted by Crippen LogP contribution is 2.13. The van der Waals surface area contributed by atoms with Crippen LogP contribution >= 0.6 is 0 Å². The topological polar surface area (TPSA) is 253 Å². The largest absolute Gasteiger partial charge is 0.330 e. The zero-order valence-corrected chi connectivity index (χ0v) is 37.2. The predicted molar refractivity (Wildman–Crippen MR) is 239 cm³/mol. The molecule has 2 rings (SSSR count). The van der Waals surface area contributed by atoms with E-state index in [0.29, 0.717) is 77.4 Å². The number of halogens is 2. The molecule has 0 bridgehead atoms. The van der Waals surface area contributed by atoms with Crippen molar-refractivity contribution in [1.29, 1.82) is 0 Å². The number of alkyl halides is 2. The molecule has 1 saturated heterocycles. The van der Waals surface area contributed by atoms with Gasteiger partial charge in [-0.05, 0) is 88.9 Å². The first kappa shape index (κ1) is 54.9. The number of nitrogens with two attached hydrogens (primary N) is 3. The molecule has 1 aromatic carbocycles. The standard InChI is InChI=1S/C45H77F2N9O6/c1-31(2)19-40-44(61)28-52-27-37(58)23-34(47)21-35(50)25-54-39(15-7-9-17-49)43(60)24-42(59)38(14-6-8-16-48)53-18-10-13-33(46)22-36(57)26-51-29-45(62)41(56-30-55-40)20-32-11-4-3-5-12-32/h3-5,11-12,31,33-35,38-41,51-56H,6-10,13-30,48-50H2,1-2H3/t33?,34?,35?,38-,39-,40-,41-/m0/s1. The summed E-state index contributed by atoms with van der Waals surface area (Å²) in [5, 5.41) is 18.5. The fourth-order valence-corrected chi connectivity index (χ4v) is 7.44. The second kappa shape index (κ2) is 32.4. The van der Waals surface area contributed by atoms with Crippen LogP contribution in [0.5, 0.6) is 0 Å². The van der Waals surface area contributed by atoms with Crippen molar-refractivity contribution >= 4 is 34.7 Å². The van der Waals surface area contributed by atoms with Crippen molar-refractivity contribution in [2.45, 2.75) is 146 Å². The fraction of sp³-hybridized carbons (Fsp3) is 0.733. The van der Waals surface area contributed by atoms with Crippen LogP contribution in [0.4, 0.5) is 8.78 Å². The van der Waals surface area contributed by atoms with Gasteiger partial charge in [-0.3, -0.25) is 39.4 Å². The van der Waals surface area contributed by atoms with Gasteiger partial charge in [0, 0.05) is 32.1 Å². The normalized spacial score (nSPS) is 26.9. The molecule has 1 fully saturated rings. The van der Waals surface area contributed by atoms with Crippen molar-refractivity contribution in [2.75, 3.05) is 59.0 Å². The number of carbonyl (C=O) groups excluding carboxylic acids is 6. The molecule has 12 N–H and O–H groups in total. The monoisotopic (exact) mass is 878 g/mol. The van der Waals surface area contributed by atoms with Crippen LogP contribution in [0.3, 0.4) is 0 Å². The molecule has 352 valence electrons. The first-order valence-corrected chi connectivity index (χ1v) is 22.7. The average molecular weight is 878 g/mol. The molecule has 0 aliphatic carbocycles. The lowest BCUT2D eigenvalue weighted by Crippen LogP contribution is -2.51. The highest BCUT2D eigenvalue weighted by atomic mass is 19.1. The molecule has 1 heterocycles. The van der Waals surface area contributed by atoms with Gasteiger partial charge in [-0.2, -0.15) is 0 Å². The van der Waals surface area contributed by atoms with E-state index in [2.05, 4.69) is 31.9 Å². The van der Waals surface area contributed by atoms with Gasteiger partial charge in [-0.15, -0.1) is 0 Å². The van der Waals surface area contributed by atoms with E-state index in [-0.39, 0.29) is 99.9 Å². The molecule has 62 heavy (non-hydrogen) atoms. The van der Waals surface area contributed by atoms with Gasteiger partial charge in [-0.25, -0.2) is 8.78 Å². The molecule has 1 aliphatic rings. The van der Waals surface area contributed by atoms with E-state index in [1.807, 2.05) is 44.2 Å². The maximum absolute atomic E-state index is 15.1. The number of benzene rings is 1. The number of Topliss-reactive ketones (excluding diaryl/α,β-unsaturated/α-hetero) is 6. The first-order valence-electron chi connectivity index (χ1n) is 22.7. The van der Waals surface area contributed by atoms with Gasteiger partial charge in [0.25, 0.3) is 0 Å². The smallest absolute Gasteiger partial charge is 0.163 e. The third kappa shape index (κ3) is 24.5. The third-order valence-electron chi connectivity index (χ3n) is 10.9. The fourth-order valence-electron chi connectivity index (χ4n) is 7.44. The van der Waals surface area contributed by atoms with Crippen molar-refractivity contribution in [3.63, 3.8) is 0 Å². The van der Waals surface area contributed by atoms with Crippen LogP contribution in [-0.2, 0) is 35.2 Å². The minimum Gasteiger partial charge on any atom is -0.330 e. The van der Waals surface area contributed by atoms with Crippen molar-refractivity contribution in [2.24, 2.45) is 23.1 Å². The number of hydrogen-bond acceptors (Lipinski definition) is 15. The summed E-state index contributed by atoms with van der Waals surface area (Å²) in [5.41, 5.74) is 18.5. The number of nitrogens with one attached hydrogen (secondary N) is 6. The van der Waals surface area contributed by atoms with Crippen LogP contribution < -0.4 is 49.1 Å². The molecule has 0 aromatic heterocycles. The van der Waals surface area contributed by atoms with E-state index >= 15 is 4.39 Å². The Hall–Kier alpha value is -3.26. The van der Waals surface area contributed by atoms with Crippen LogP contribution in [0.2, 0.25) is 0 Å². The lowest BCUT2D eigenvalue weighted by molar-refractivity contribution is -0.130. The summed E-state index contributed by atoms with van der Waals surface area (Å²) in [6.07, 6.45) is 0.574. The molecular formula is C45H77F2N9O6. The number of unbranched alkanes of at least 4 members (excludes halogenated alkanes) is 2. The molecule has 0 amide bonds. The van der Waals surface area contributed by atoms with Crippen LogP contribution in [-0.4, -0.2) is 136 Å². The number of rotatable bonds is 12. The lowest BCUT2D eigenvalue weighted by Gasteiger charge is -2.23. The minimum absolute atomic E-state index is 0.0774. The van der Waals surface area contributed by atoms with Gasteiger partial charge < -0.3 is 38.5 Å². The minimum atomic E-state index is -1.55. The molecule has 0 spiro atoms. The predicted octanol–water partition coefficient (Wildman–Crippen LogP) is 1.28. The summed E-state index contributed by atoms with van der Waals surface area (Å²) < 4.78 is 30.1. The zero-order valence-electron chi connectivity index (χ0n) is 37.2. The molecule has 15 nitrogen and oxygen atoms in total. The highest BCUT2D eigenvalue weighted by Gasteiger charge is 2.27. The van der Waals surface area contributed by atoms with Gasteiger partial charge >= 0.3 is 0 Å². The number of carbonyl (C=O) groups is 6. The van der Waals surface area contributed by atoms with E-state index in [4.69, 9.17) is 17.2 Å². The van der Waals surface area contributed by atoms with Gasteiger partial charge in [0.1, 0.15) is 23.9 Å². The van der Waals surface area contributed by atoms with E-state index in [0.717, 1.165) is 5.56 Å². The quantitative estimate of drug-likeness (QED) is 0.106. The van der Waals surface area contributed by atoms with Crippen LogP contribution in [0.25, 0.3) is 0 Å². The van der Waals surface area contributed by atoms with Gasteiger partial charge in [0.2, 0.25) is 0 Å². The van der Waals surface area contributed by atoms with E-state index < -0.39 is 54.8 Å². The Morgan fingerprint density at radius 1 is 0.661 bits per heavy atom. The molecule has 1 aliphatic heterocycles. The van der Waals surface area contributed by atoms with Gasteiger partial charge in [-0.1, -0.05) is 57.0 Å². The highest BCUT2D eigenvalue weighted by molar-refractivity contribution is 6.03. The Bertz CT molecular complexity index is 1480. The summed E-state index contributed by atoms with van der Waals surface area (Å²) in [6, 6.07) is 6.06. The van der Waals surface area contributed by atoms with Crippen molar-refractivity contribution in [3.8, 4) is 0 Å². The van der Waals surface area contributed by atoms with Crippen LogP contribution in [0.1, 0.15) is 103 Å². The Kier molecular flexibility index (Phi) is 28.7. The van der Waals surface area contributed by atoms with Crippen LogP contribution in [0, 0.1) is 5.92 Å². The maximum Gasteiger partial charge on any atom is 0.163 e. The van der Waals surface area contributed by atoms with Gasteiger partial charge in [0.05, 0.1) is 56.8 Å². The number of ketones is 6. The van der Waals surface area contributed by atoms with Crippen molar-refractivity contribution in [1.82, 2.24) is 31.9 Å². The Labute approximate surface area is 367 Å². The van der Waals surface area contributed by atoms with Gasteiger partial charge in [0.15, 0.2) is 23.1 Å². The summed E-state index contributed by atoms with van der Waals surface area (Å²) in [5.74, 6) is -1.69. The first-order chi connectivity index (χ1) is 29.7. The third-order valence-corrected chi connectivity index (χ3v) is 10.9. The van der Waals surface area contributed by atoms with Crippen molar-refractivity contribution in [3.05, 3.63) is 35.9 Å². The maximum atomic E-state index is 15.1. The van der Waals surface area contributed by atoms with Crippen LogP contribution in [0.15, 0.2) is 30.3 Å². The average Bonchev–Trinajstić information content (AvgIpc) is 3.21. The Morgan fingerprint density at radius 3 is 1.79 bits per heavy atom. The molecule has 7 atom stereocenters.